The van der Waals surface area contributed by atoms with E-state index in [-0.39, 0.29) is 50.3 Å². The molecule has 0 saturated heterocycles. The van der Waals surface area contributed by atoms with Gasteiger partial charge in [0, 0.05) is 87.3 Å². The smallest absolute Gasteiger partial charge is 0.327 e. The predicted molar refractivity (Wildman–Crippen MR) is 209 cm³/mol. The first-order valence-corrected chi connectivity index (χ1v) is 21.7. The van der Waals surface area contributed by atoms with Crippen LogP contribution in [0.1, 0.15) is 41.3 Å². The molecule has 1 aliphatic carbocycles. The number of carbonyl (C=O) groups excluding carboxylic acids is 7. The average Bonchev–Trinajstić information content (AvgIpc) is 3.09. The van der Waals surface area contributed by atoms with Gasteiger partial charge in [-0.3, -0.25) is 33.6 Å². The molecule has 5 amide bonds. The van der Waals surface area contributed by atoms with Crippen LogP contribution in [0.4, 0.5) is 0 Å². The second kappa shape index (κ2) is 28.0. The van der Waals surface area contributed by atoms with Crippen molar-refractivity contribution < 1.29 is 46.2 Å². The molecule has 1 saturated carbocycles. The number of aliphatic carboxylic acids is 1. The Kier molecular flexibility index (Phi) is 23.9. The number of Topliss-reactive ketones (excluding diaryl/α,β-unsaturated/α-hetero) is 2. The SMILES string of the molecule is [3H]C(P)C(=O)CNC(=O)CCC(=O)NC(CSSCC(NC(=O)CCC(=O)NCC(=O)C([3H])P)C(=O)NCCSC1CCC1SCCNC)C(=O)O. The van der Waals surface area contributed by atoms with Crippen LogP contribution >= 0.6 is 63.6 Å². The van der Waals surface area contributed by atoms with E-state index in [4.69, 9.17) is 2.74 Å². The molecule has 0 aliphatic heterocycles. The summed E-state index contributed by atoms with van der Waals surface area (Å²) in [6.07, 6.45) is -0.996. The minimum Gasteiger partial charge on any atom is -0.480 e. The van der Waals surface area contributed by atoms with Crippen molar-refractivity contribution in [3.05, 3.63) is 0 Å². The lowest BCUT2D eigenvalue weighted by molar-refractivity contribution is -0.141. The zero-order valence-corrected chi connectivity index (χ0v) is 33.4. The summed E-state index contributed by atoms with van der Waals surface area (Å²) in [5.41, 5.74) is 0. The average molecular weight is 821 g/mol. The Morgan fingerprint density at radius 2 is 1.14 bits per heavy atom. The lowest BCUT2D eigenvalue weighted by Crippen LogP contribution is -2.49. The minimum absolute atomic E-state index is 0.0383. The van der Waals surface area contributed by atoms with Gasteiger partial charge >= 0.3 is 5.97 Å². The largest absolute Gasteiger partial charge is 0.480 e. The van der Waals surface area contributed by atoms with Gasteiger partial charge in [0.2, 0.25) is 29.5 Å². The summed E-state index contributed by atoms with van der Waals surface area (Å²) < 4.78 is 14.6. The number of hydrogen-bond acceptors (Lipinski definition) is 13. The maximum absolute atomic E-state index is 13.1. The molecular formula is C29H50N6O9P2S4. The van der Waals surface area contributed by atoms with Crippen LogP contribution in [0.2, 0.25) is 0 Å². The van der Waals surface area contributed by atoms with Crippen LogP contribution in [0, 0.1) is 0 Å². The fourth-order valence-electron chi connectivity index (χ4n) is 3.88. The van der Waals surface area contributed by atoms with Gasteiger partial charge in [0.25, 0.3) is 0 Å². The molecule has 0 aromatic heterocycles. The van der Waals surface area contributed by atoms with E-state index in [9.17, 15) is 43.5 Å². The third-order valence-electron chi connectivity index (χ3n) is 6.85. The van der Waals surface area contributed by atoms with Crippen molar-refractivity contribution in [3.63, 3.8) is 0 Å². The highest BCUT2D eigenvalue weighted by atomic mass is 33.1. The molecule has 0 aromatic rings. The van der Waals surface area contributed by atoms with Crippen LogP contribution in [-0.2, 0) is 38.4 Å². The van der Waals surface area contributed by atoms with Gasteiger partial charge in [0.1, 0.15) is 12.1 Å². The molecule has 7 N–H and O–H groups in total. The summed E-state index contributed by atoms with van der Waals surface area (Å²) in [5.74, 6) is -3.60. The number of carboxylic acids is 1. The first-order chi connectivity index (χ1) is 24.6. The highest BCUT2D eigenvalue weighted by molar-refractivity contribution is 8.76. The molecule has 8 unspecified atom stereocenters. The van der Waals surface area contributed by atoms with Crippen LogP contribution in [-0.4, -0.2) is 143 Å². The molecule has 284 valence electrons. The summed E-state index contributed by atoms with van der Waals surface area (Å²) >= 11 is 3.73. The molecule has 0 spiro atoms. The molecule has 21 heteroatoms. The molecule has 1 aliphatic rings. The topological polar surface area (TPSA) is 229 Å². The Balaban J connectivity index is 2.64. The molecular weight excluding hydrogens is 767 g/mol. The lowest BCUT2D eigenvalue weighted by atomic mass is 9.99. The third-order valence-corrected chi connectivity index (χ3v) is 13.1. The van der Waals surface area contributed by atoms with Crippen LogP contribution in [0.15, 0.2) is 0 Å². The van der Waals surface area contributed by atoms with Crippen LogP contribution in [0.3, 0.4) is 0 Å². The number of carboxylic acid groups (broad SMARTS) is 1. The van der Waals surface area contributed by atoms with E-state index in [1.165, 1.54) is 0 Å². The first-order valence-electron chi connectivity index (χ1n) is 17.0. The summed E-state index contributed by atoms with van der Waals surface area (Å²) in [7, 11) is 8.08. The summed E-state index contributed by atoms with van der Waals surface area (Å²) in [4.78, 5) is 96.9. The number of ketones is 2. The van der Waals surface area contributed by atoms with Crippen LogP contribution in [0.5, 0.6) is 0 Å². The second-order valence-electron chi connectivity index (χ2n) is 10.8. The number of rotatable bonds is 29. The maximum Gasteiger partial charge on any atom is 0.327 e. The highest BCUT2D eigenvalue weighted by Crippen LogP contribution is 2.39. The number of carbonyl (C=O) groups is 8. The molecule has 1 rings (SSSR count). The Morgan fingerprint density at radius 1 is 0.700 bits per heavy atom. The van der Waals surface area contributed by atoms with E-state index in [0.717, 1.165) is 46.7 Å². The van der Waals surface area contributed by atoms with Gasteiger partial charge in [0.15, 0.2) is 11.6 Å². The Bertz CT molecular complexity index is 1230. The van der Waals surface area contributed by atoms with Crippen LogP contribution < -0.4 is 31.9 Å². The van der Waals surface area contributed by atoms with Crippen molar-refractivity contribution in [2.24, 2.45) is 0 Å². The van der Waals surface area contributed by atoms with Crippen molar-refractivity contribution >= 4 is 111 Å². The number of amides is 5. The molecule has 15 nitrogen and oxygen atoms in total. The normalized spacial score (nSPS) is 18.1. The van der Waals surface area contributed by atoms with Gasteiger partial charge in [-0.25, -0.2) is 4.79 Å². The van der Waals surface area contributed by atoms with Gasteiger partial charge in [-0.05, 0) is 19.9 Å². The van der Waals surface area contributed by atoms with Gasteiger partial charge in [-0.15, -0.1) is 18.5 Å². The van der Waals surface area contributed by atoms with E-state index < -0.39 is 71.4 Å². The van der Waals surface area contributed by atoms with E-state index in [0.29, 0.717) is 22.8 Å². The summed E-state index contributed by atoms with van der Waals surface area (Å²) in [6.45, 7) is 0.609. The van der Waals surface area contributed by atoms with Crippen molar-refractivity contribution in [2.45, 2.75) is 61.1 Å². The van der Waals surface area contributed by atoms with Gasteiger partial charge < -0.3 is 37.0 Å². The summed E-state index contributed by atoms with van der Waals surface area (Å²) in [6, 6.07) is -2.34. The number of nitrogens with one attached hydrogen (secondary N) is 6. The van der Waals surface area contributed by atoms with E-state index in [2.05, 4.69) is 31.9 Å². The fraction of sp³-hybridized carbons (Fsp3) is 0.724. The molecule has 0 radical (unpaired) electrons. The Hall–Kier alpha value is -1.62. The maximum atomic E-state index is 13.1. The predicted octanol–water partition coefficient (Wildman–Crippen LogP) is -0.564. The number of thioether (sulfide) groups is 2. The lowest BCUT2D eigenvalue weighted by Gasteiger charge is -2.35. The molecule has 0 aromatic carbocycles. The Labute approximate surface area is 317 Å². The van der Waals surface area contributed by atoms with Gasteiger partial charge in [0.05, 0.1) is 13.1 Å². The molecule has 8 atom stereocenters. The van der Waals surface area contributed by atoms with E-state index in [1.54, 1.807) is 11.8 Å². The van der Waals surface area contributed by atoms with Crippen molar-refractivity contribution in [1.29, 1.82) is 0 Å². The highest BCUT2D eigenvalue weighted by Gasteiger charge is 2.31. The van der Waals surface area contributed by atoms with Crippen molar-refractivity contribution in [2.75, 3.05) is 68.5 Å². The van der Waals surface area contributed by atoms with E-state index >= 15 is 0 Å². The third kappa shape index (κ3) is 21.7. The molecule has 50 heavy (non-hydrogen) atoms. The van der Waals surface area contributed by atoms with Crippen LogP contribution in [0.25, 0.3) is 0 Å². The Morgan fingerprint density at radius 3 is 1.58 bits per heavy atom. The number of hydrogen-bond donors (Lipinski definition) is 7. The second-order valence-corrected chi connectivity index (χ2v) is 16.7. The van der Waals surface area contributed by atoms with Crippen molar-refractivity contribution in [1.82, 2.24) is 31.9 Å². The summed E-state index contributed by atoms with van der Waals surface area (Å²) in [5, 5.41) is 26.3. The quantitative estimate of drug-likeness (QED) is 0.0285. The molecule has 0 heterocycles. The monoisotopic (exact) mass is 820 g/mol. The molecule has 1 fully saturated rings. The van der Waals surface area contributed by atoms with E-state index in [1.807, 2.05) is 37.3 Å². The zero-order valence-electron chi connectivity index (χ0n) is 29.9. The van der Waals surface area contributed by atoms with Gasteiger partial charge in [-0.2, -0.15) is 23.5 Å². The minimum atomic E-state index is -1.32. The van der Waals surface area contributed by atoms with Gasteiger partial charge in [-0.1, -0.05) is 21.6 Å². The standard InChI is InChI=1S/C29H50N6O9P2S4/c1-30-8-10-47-22-2-3-23(22)48-11-9-31-28(42)20(34-26(40)6-4-24(38)32-12-18(36)14-45)16-49-50-17-21(29(43)44)35-27(41)7-5-25(39)33-13-19(37)15-46/h20-23,30H,2-17,45-46H2,1H3,(H,31,42)(H,32,38)(H,33,39)(H,34,40)(H,35,41)(H,43,44)/i14T,15T. The first kappa shape index (κ1) is 42.8. The zero-order chi connectivity index (χ0) is 39.1. The molecule has 0 bridgehead atoms. The fourth-order valence-corrected chi connectivity index (χ4v) is 9.36. The van der Waals surface area contributed by atoms with Crippen molar-refractivity contribution in [3.8, 4) is 0 Å².